The summed E-state index contributed by atoms with van der Waals surface area (Å²) in [4.78, 5) is 3.76. The number of hydrogen-bond donors (Lipinski definition) is 0. The zero-order valence-electron chi connectivity index (χ0n) is 9.54. The molecule has 4 heteroatoms. The SMILES string of the molecule is Cc1cc(F)cc(F)c1N1C=CN(C)[C@@H]1C. The molecule has 0 N–H and O–H groups in total. The summed E-state index contributed by atoms with van der Waals surface area (Å²) < 4.78 is 26.7. The van der Waals surface area contributed by atoms with Gasteiger partial charge in [-0.2, -0.15) is 0 Å². The number of rotatable bonds is 1. The average Bonchev–Trinajstić information content (AvgIpc) is 2.48. The Morgan fingerprint density at radius 3 is 2.38 bits per heavy atom. The van der Waals surface area contributed by atoms with Crippen LogP contribution in [-0.2, 0) is 0 Å². The van der Waals surface area contributed by atoms with Crippen LogP contribution in [0.2, 0.25) is 0 Å². The third kappa shape index (κ3) is 1.64. The quantitative estimate of drug-likeness (QED) is 0.723. The Morgan fingerprint density at radius 1 is 1.19 bits per heavy atom. The maximum atomic E-state index is 13.7. The van der Waals surface area contributed by atoms with Crippen molar-refractivity contribution < 1.29 is 8.78 Å². The van der Waals surface area contributed by atoms with Gasteiger partial charge in [-0.25, -0.2) is 8.78 Å². The standard InChI is InChI=1S/C12H14F2N2/c1-8-6-10(13)7-11(14)12(8)16-5-4-15(3)9(16)2/h4-7,9H,1-3H3/t9-/m0/s1. The van der Waals surface area contributed by atoms with Crippen LogP contribution in [-0.4, -0.2) is 18.1 Å². The van der Waals surface area contributed by atoms with E-state index in [1.165, 1.54) is 6.07 Å². The van der Waals surface area contributed by atoms with Crippen molar-refractivity contribution in [3.05, 3.63) is 41.7 Å². The first-order chi connectivity index (χ1) is 7.50. The molecule has 0 radical (unpaired) electrons. The highest BCUT2D eigenvalue weighted by Gasteiger charge is 2.24. The van der Waals surface area contributed by atoms with Gasteiger partial charge in [0.05, 0.1) is 5.69 Å². The van der Waals surface area contributed by atoms with Crippen LogP contribution in [0.15, 0.2) is 24.5 Å². The highest BCUT2D eigenvalue weighted by Crippen LogP contribution is 2.30. The van der Waals surface area contributed by atoms with Crippen LogP contribution >= 0.6 is 0 Å². The number of anilines is 1. The molecule has 0 amide bonds. The molecule has 0 aromatic heterocycles. The Kier molecular flexibility index (Phi) is 2.58. The molecule has 86 valence electrons. The Labute approximate surface area is 93.8 Å². The van der Waals surface area contributed by atoms with Gasteiger partial charge in [-0.05, 0) is 25.5 Å². The molecule has 1 aromatic carbocycles. The van der Waals surface area contributed by atoms with E-state index in [1.54, 1.807) is 18.0 Å². The summed E-state index contributed by atoms with van der Waals surface area (Å²) >= 11 is 0. The summed E-state index contributed by atoms with van der Waals surface area (Å²) in [7, 11) is 1.91. The molecule has 0 spiro atoms. The van der Waals surface area contributed by atoms with E-state index in [0.29, 0.717) is 11.3 Å². The first kappa shape index (κ1) is 10.9. The maximum absolute atomic E-state index is 13.7. The van der Waals surface area contributed by atoms with Crippen molar-refractivity contribution in [3.63, 3.8) is 0 Å². The van der Waals surface area contributed by atoms with E-state index in [4.69, 9.17) is 0 Å². The van der Waals surface area contributed by atoms with Gasteiger partial charge in [-0.3, -0.25) is 0 Å². The molecule has 0 fully saturated rings. The van der Waals surface area contributed by atoms with E-state index >= 15 is 0 Å². The lowest BCUT2D eigenvalue weighted by Gasteiger charge is -2.28. The molecule has 0 bridgehead atoms. The van der Waals surface area contributed by atoms with Gasteiger partial charge >= 0.3 is 0 Å². The maximum Gasteiger partial charge on any atom is 0.150 e. The summed E-state index contributed by atoms with van der Waals surface area (Å²) in [5.74, 6) is -1.06. The molecule has 0 saturated carbocycles. The number of aryl methyl sites for hydroxylation is 1. The van der Waals surface area contributed by atoms with Crippen LogP contribution in [0.4, 0.5) is 14.5 Å². The van der Waals surface area contributed by atoms with E-state index in [0.717, 1.165) is 6.07 Å². The van der Waals surface area contributed by atoms with Crippen molar-refractivity contribution >= 4 is 5.69 Å². The summed E-state index contributed by atoms with van der Waals surface area (Å²) in [6.45, 7) is 3.67. The molecule has 2 rings (SSSR count). The average molecular weight is 224 g/mol. The monoisotopic (exact) mass is 224 g/mol. The summed E-state index contributed by atoms with van der Waals surface area (Å²) in [5.41, 5.74) is 1.04. The van der Waals surface area contributed by atoms with Crippen LogP contribution in [0.5, 0.6) is 0 Å². The van der Waals surface area contributed by atoms with Crippen LogP contribution in [0.3, 0.4) is 0 Å². The van der Waals surface area contributed by atoms with Crippen molar-refractivity contribution in [3.8, 4) is 0 Å². The molecular weight excluding hydrogens is 210 g/mol. The summed E-state index contributed by atoms with van der Waals surface area (Å²) in [5, 5.41) is 0. The van der Waals surface area contributed by atoms with Gasteiger partial charge in [0.2, 0.25) is 0 Å². The minimum absolute atomic E-state index is 0.0404. The minimum Gasteiger partial charge on any atom is -0.359 e. The predicted molar refractivity (Wildman–Crippen MR) is 59.9 cm³/mol. The van der Waals surface area contributed by atoms with Crippen molar-refractivity contribution in [2.75, 3.05) is 11.9 Å². The topological polar surface area (TPSA) is 6.48 Å². The molecule has 16 heavy (non-hydrogen) atoms. The molecular formula is C12H14F2N2. The minimum atomic E-state index is -0.539. The van der Waals surface area contributed by atoms with Gasteiger partial charge < -0.3 is 9.80 Å². The molecule has 2 nitrogen and oxygen atoms in total. The van der Waals surface area contributed by atoms with Gasteiger partial charge in [0.1, 0.15) is 17.8 Å². The highest BCUT2D eigenvalue weighted by atomic mass is 19.1. The van der Waals surface area contributed by atoms with E-state index in [1.807, 2.05) is 25.1 Å². The van der Waals surface area contributed by atoms with Gasteiger partial charge in [-0.1, -0.05) is 0 Å². The second-order valence-electron chi connectivity index (χ2n) is 4.06. The van der Waals surface area contributed by atoms with Gasteiger partial charge in [0.25, 0.3) is 0 Å². The molecule has 0 unspecified atom stereocenters. The Hall–Kier alpha value is -1.58. The van der Waals surface area contributed by atoms with Gasteiger partial charge in [-0.15, -0.1) is 0 Å². The highest BCUT2D eigenvalue weighted by molar-refractivity contribution is 5.58. The summed E-state index contributed by atoms with van der Waals surface area (Å²) in [6.07, 6.45) is 3.71. The Balaban J connectivity index is 2.45. The van der Waals surface area contributed by atoms with E-state index in [2.05, 4.69) is 0 Å². The fraction of sp³-hybridized carbons (Fsp3) is 0.333. The van der Waals surface area contributed by atoms with Crippen molar-refractivity contribution in [2.24, 2.45) is 0 Å². The number of hydrogen-bond acceptors (Lipinski definition) is 2. The zero-order chi connectivity index (χ0) is 11.9. The van der Waals surface area contributed by atoms with E-state index in [-0.39, 0.29) is 6.17 Å². The second kappa shape index (κ2) is 3.77. The number of nitrogens with zero attached hydrogens (tertiary/aromatic N) is 2. The lowest BCUT2D eigenvalue weighted by atomic mass is 10.1. The molecule has 1 aromatic rings. The molecule has 1 aliphatic heterocycles. The van der Waals surface area contributed by atoms with Crippen molar-refractivity contribution in [2.45, 2.75) is 20.0 Å². The van der Waals surface area contributed by atoms with Gasteiger partial charge in [0, 0.05) is 25.5 Å². The third-order valence-corrected chi connectivity index (χ3v) is 2.93. The molecule has 1 heterocycles. The van der Waals surface area contributed by atoms with Crippen LogP contribution in [0.25, 0.3) is 0 Å². The molecule has 0 saturated heterocycles. The molecule has 0 aliphatic carbocycles. The molecule has 1 aliphatic rings. The third-order valence-electron chi connectivity index (χ3n) is 2.93. The Bertz CT molecular complexity index is 420. The Morgan fingerprint density at radius 2 is 1.88 bits per heavy atom. The normalized spacial score (nSPS) is 19.7. The van der Waals surface area contributed by atoms with Crippen molar-refractivity contribution in [1.29, 1.82) is 0 Å². The fourth-order valence-corrected chi connectivity index (χ4v) is 1.91. The lowest BCUT2D eigenvalue weighted by Crippen LogP contribution is -2.34. The summed E-state index contributed by atoms with van der Waals surface area (Å²) in [6, 6.07) is 2.26. The van der Waals surface area contributed by atoms with E-state index in [9.17, 15) is 8.78 Å². The van der Waals surface area contributed by atoms with E-state index < -0.39 is 11.6 Å². The lowest BCUT2D eigenvalue weighted by molar-refractivity contribution is 0.380. The van der Waals surface area contributed by atoms with Crippen LogP contribution < -0.4 is 4.90 Å². The second-order valence-corrected chi connectivity index (χ2v) is 4.06. The first-order valence-electron chi connectivity index (χ1n) is 5.15. The van der Waals surface area contributed by atoms with Crippen molar-refractivity contribution in [1.82, 2.24) is 4.90 Å². The van der Waals surface area contributed by atoms with Crippen LogP contribution in [0, 0.1) is 18.6 Å². The first-order valence-corrected chi connectivity index (χ1v) is 5.15. The van der Waals surface area contributed by atoms with Crippen LogP contribution in [0.1, 0.15) is 12.5 Å². The predicted octanol–water partition coefficient (Wildman–Crippen LogP) is 2.84. The number of halogens is 2. The van der Waals surface area contributed by atoms with Gasteiger partial charge in [0.15, 0.2) is 0 Å². The zero-order valence-corrected chi connectivity index (χ0v) is 9.54. The smallest absolute Gasteiger partial charge is 0.150 e. The molecule has 1 atom stereocenters. The number of benzene rings is 1. The fourth-order valence-electron chi connectivity index (χ4n) is 1.91. The largest absolute Gasteiger partial charge is 0.359 e.